The Bertz CT molecular complexity index is 291. The number of hydrogen-bond donors (Lipinski definition) is 2. The number of likely N-dealkylation sites (tertiary alicyclic amines) is 2. The van der Waals surface area contributed by atoms with Crippen molar-refractivity contribution >= 4 is 5.96 Å². The molecule has 2 fully saturated rings. The molecule has 0 saturated carbocycles. The molecule has 116 valence electrons. The fourth-order valence-corrected chi connectivity index (χ4v) is 3.31. The highest BCUT2D eigenvalue weighted by Crippen LogP contribution is 2.20. The van der Waals surface area contributed by atoms with E-state index in [1.165, 1.54) is 51.6 Å². The van der Waals surface area contributed by atoms with E-state index in [2.05, 4.69) is 27.1 Å². The molecule has 5 heteroatoms. The third-order valence-corrected chi connectivity index (χ3v) is 4.57. The Balaban J connectivity index is 1.78. The zero-order valence-corrected chi connectivity index (χ0v) is 13.0. The van der Waals surface area contributed by atoms with Crippen LogP contribution < -0.4 is 11.3 Å². The van der Waals surface area contributed by atoms with Crippen LogP contribution in [0.25, 0.3) is 0 Å². The van der Waals surface area contributed by atoms with E-state index in [0.717, 1.165) is 38.1 Å². The summed E-state index contributed by atoms with van der Waals surface area (Å²) in [7, 11) is 0. The smallest absolute Gasteiger partial charge is 0.208 e. The summed E-state index contributed by atoms with van der Waals surface area (Å²) in [6.07, 6.45) is 8.99. The van der Waals surface area contributed by atoms with Crippen molar-refractivity contribution in [1.29, 1.82) is 0 Å². The van der Waals surface area contributed by atoms with Crippen LogP contribution in [0.15, 0.2) is 4.99 Å². The van der Waals surface area contributed by atoms with Gasteiger partial charge in [-0.2, -0.15) is 0 Å². The molecule has 3 N–H and O–H groups in total. The SMILES string of the molecule is CCCCN=C(NN)N1CCC(N2CCCCC2)CC1. The van der Waals surface area contributed by atoms with Crippen LogP contribution >= 0.6 is 0 Å². The van der Waals surface area contributed by atoms with Gasteiger partial charge in [0.2, 0.25) is 5.96 Å². The Hall–Kier alpha value is -0.810. The molecule has 0 aromatic carbocycles. The lowest BCUT2D eigenvalue weighted by atomic mass is 10.00. The van der Waals surface area contributed by atoms with Crippen LogP contribution in [0.2, 0.25) is 0 Å². The largest absolute Gasteiger partial charge is 0.342 e. The lowest BCUT2D eigenvalue weighted by Crippen LogP contribution is -2.52. The quantitative estimate of drug-likeness (QED) is 0.270. The van der Waals surface area contributed by atoms with Crippen molar-refractivity contribution in [3.05, 3.63) is 0 Å². The number of guanidine groups is 1. The van der Waals surface area contributed by atoms with Gasteiger partial charge >= 0.3 is 0 Å². The molecule has 2 saturated heterocycles. The van der Waals surface area contributed by atoms with E-state index in [9.17, 15) is 0 Å². The van der Waals surface area contributed by atoms with E-state index < -0.39 is 0 Å². The van der Waals surface area contributed by atoms with Gasteiger partial charge < -0.3 is 9.80 Å². The average Bonchev–Trinajstić information content (AvgIpc) is 2.53. The maximum Gasteiger partial charge on any atom is 0.208 e. The van der Waals surface area contributed by atoms with Gasteiger partial charge in [0.05, 0.1) is 0 Å². The van der Waals surface area contributed by atoms with Crippen LogP contribution in [0.5, 0.6) is 0 Å². The summed E-state index contributed by atoms with van der Waals surface area (Å²) in [5, 5.41) is 0. The van der Waals surface area contributed by atoms with Crippen molar-refractivity contribution in [2.24, 2.45) is 10.8 Å². The van der Waals surface area contributed by atoms with E-state index in [1.54, 1.807) is 0 Å². The second-order valence-electron chi connectivity index (χ2n) is 6.02. The number of unbranched alkanes of at least 4 members (excludes halogenated alkanes) is 1. The lowest BCUT2D eigenvalue weighted by molar-refractivity contribution is 0.114. The second kappa shape index (κ2) is 8.47. The van der Waals surface area contributed by atoms with Gasteiger partial charge in [0.25, 0.3) is 0 Å². The van der Waals surface area contributed by atoms with Crippen molar-refractivity contribution in [3.63, 3.8) is 0 Å². The minimum absolute atomic E-state index is 0.779. The van der Waals surface area contributed by atoms with Crippen LogP contribution in [-0.2, 0) is 0 Å². The maximum absolute atomic E-state index is 5.63. The van der Waals surface area contributed by atoms with E-state index >= 15 is 0 Å². The van der Waals surface area contributed by atoms with E-state index in [4.69, 9.17) is 5.84 Å². The molecule has 0 atom stereocenters. The van der Waals surface area contributed by atoms with Gasteiger partial charge in [0, 0.05) is 25.7 Å². The minimum Gasteiger partial charge on any atom is -0.342 e. The molecular formula is C15H31N5. The first-order chi connectivity index (χ1) is 9.85. The summed E-state index contributed by atoms with van der Waals surface area (Å²) in [6.45, 7) is 7.83. The second-order valence-corrected chi connectivity index (χ2v) is 6.02. The molecule has 0 spiro atoms. The lowest BCUT2D eigenvalue weighted by Gasteiger charge is -2.40. The Kier molecular flexibility index (Phi) is 6.60. The topological polar surface area (TPSA) is 56.9 Å². The first-order valence-corrected chi connectivity index (χ1v) is 8.35. The number of rotatable bonds is 4. The summed E-state index contributed by atoms with van der Waals surface area (Å²) >= 11 is 0. The minimum atomic E-state index is 0.779. The van der Waals surface area contributed by atoms with Gasteiger partial charge in [-0.15, -0.1) is 0 Å². The van der Waals surface area contributed by atoms with Gasteiger partial charge in [0.15, 0.2) is 0 Å². The number of nitrogens with zero attached hydrogens (tertiary/aromatic N) is 3. The molecule has 0 aromatic rings. The summed E-state index contributed by atoms with van der Waals surface area (Å²) in [5.41, 5.74) is 2.79. The zero-order chi connectivity index (χ0) is 14.2. The zero-order valence-electron chi connectivity index (χ0n) is 13.0. The summed E-state index contributed by atoms with van der Waals surface area (Å²) in [4.78, 5) is 9.60. The molecule has 0 aliphatic carbocycles. The third kappa shape index (κ3) is 4.35. The van der Waals surface area contributed by atoms with Gasteiger partial charge in [0.1, 0.15) is 0 Å². The Morgan fingerprint density at radius 2 is 1.85 bits per heavy atom. The fourth-order valence-electron chi connectivity index (χ4n) is 3.31. The molecule has 0 amide bonds. The Morgan fingerprint density at radius 3 is 2.45 bits per heavy atom. The highest BCUT2D eigenvalue weighted by atomic mass is 15.4. The van der Waals surface area contributed by atoms with Crippen molar-refractivity contribution < 1.29 is 0 Å². The van der Waals surface area contributed by atoms with Gasteiger partial charge in [-0.05, 0) is 45.2 Å². The first-order valence-electron chi connectivity index (χ1n) is 8.35. The summed E-state index contributed by atoms with van der Waals surface area (Å²) in [5.74, 6) is 6.52. The molecule has 2 aliphatic heterocycles. The monoisotopic (exact) mass is 281 g/mol. The number of nitrogens with one attached hydrogen (secondary N) is 1. The average molecular weight is 281 g/mol. The van der Waals surface area contributed by atoms with Crippen LogP contribution in [0.1, 0.15) is 51.9 Å². The maximum atomic E-state index is 5.63. The fraction of sp³-hybridized carbons (Fsp3) is 0.933. The van der Waals surface area contributed by atoms with Gasteiger partial charge in [-0.25, -0.2) is 5.84 Å². The predicted octanol–water partition coefficient (Wildman–Crippen LogP) is 1.56. The Morgan fingerprint density at radius 1 is 1.15 bits per heavy atom. The molecule has 0 bridgehead atoms. The Labute approximate surface area is 123 Å². The normalized spacial score (nSPS) is 23.1. The molecule has 2 heterocycles. The molecule has 0 radical (unpaired) electrons. The van der Waals surface area contributed by atoms with Crippen molar-refractivity contribution in [1.82, 2.24) is 15.2 Å². The number of hydrazine groups is 1. The highest BCUT2D eigenvalue weighted by molar-refractivity contribution is 5.79. The van der Waals surface area contributed by atoms with Crippen molar-refractivity contribution in [2.75, 3.05) is 32.7 Å². The predicted molar refractivity (Wildman–Crippen MR) is 84.6 cm³/mol. The number of aliphatic imine (C=N–C) groups is 1. The van der Waals surface area contributed by atoms with Crippen molar-refractivity contribution in [3.8, 4) is 0 Å². The third-order valence-electron chi connectivity index (χ3n) is 4.57. The number of hydrogen-bond acceptors (Lipinski definition) is 3. The molecule has 2 aliphatic rings. The van der Waals surface area contributed by atoms with Crippen LogP contribution in [-0.4, -0.2) is 54.5 Å². The van der Waals surface area contributed by atoms with Crippen LogP contribution in [0, 0.1) is 0 Å². The van der Waals surface area contributed by atoms with E-state index in [-0.39, 0.29) is 0 Å². The molecule has 5 nitrogen and oxygen atoms in total. The number of nitrogens with two attached hydrogens (primary N) is 1. The standard InChI is InChI=1S/C15H31N5/c1-2-3-9-17-15(18-16)20-12-7-14(8-13-20)19-10-5-4-6-11-19/h14H,2-13,16H2,1H3,(H,17,18). The molecular weight excluding hydrogens is 250 g/mol. The summed E-state index contributed by atoms with van der Waals surface area (Å²) < 4.78 is 0. The van der Waals surface area contributed by atoms with Gasteiger partial charge in [-0.3, -0.25) is 10.4 Å². The summed E-state index contributed by atoms with van der Waals surface area (Å²) in [6, 6.07) is 0.779. The molecule has 20 heavy (non-hydrogen) atoms. The number of piperidine rings is 2. The van der Waals surface area contributed by atoms with Gasteiger partial charge in [-0.1, -0.05) is 19.8 Å². The van der Waals surface area contributed by atoms with Crippen LogP contribution in [0.4, 0.5) is 0 Å². The molecule has 2 rings (SSSR count). The van der Waals surface area contributed by atoms with Crippen molar-refractivity contribution in [2.45, 2.75) is 57.9 Å². The molecule has 0 unspecified atom stereocenters. The van der Waals surface area contributed by atoms with E-state index in [1.807, 2.05) is 0 Å². The molecule has 0 aromatic heterocycles. The highest BCUT2D eigenvalue weighted by Gasteiger charge is 2.26. The first kappa shape index (κ1) is 15.6. The van der Waals surface area contributed by atoms with Crippen LogP contribution in [0.3, 0.4) is 0 Å². The van der Waals surface area contributed by atoms with E-state index in [0.29, 0.717) is 0 Å².